The van der Waals surface area contributed by atoms with E-state index in [1.807, 2.05) is 33.2 Å². The second-order valence-electron chi connectivity index (χ2n) is 4.37. The van der Waals surface area contributed by atoms with Crippen LogP contribution >= 0.6 is 11.8 Å². The molecule has 106 valence electrons. The van der Waals surface area contributed by atoms with E-state index >= 15 is 0 Å². The Bertz CT molecular complexity index is 421. The Balaban J connectivity index is 2.76. The Morgan fingerprint density at radius 2 is 2.16 bits per heavy atom. The van der Waals surface area contributed by atoms with Crippen LogP contribution in [0.5, 0.6) is 5.75 Å². The number of ether oxygens (including phenoxy) is 1. The average Bonchev–Trinajstić information content (AvgIpc) is 2.34. The average molecular weight is 283 g/mol. The fourth-order valence-electron chi connectivity index (χ4n) is 1.68. The molecule has 5 heteroatoms. The summed E-state index contributed by atoms with van der Waals surface area (Å²) in [5, 5.41) is 9.32. The van der Waals surface area contributed by atoms with Crippen LogP contribution in [0.1, 0.15) is 23.7 Å². The first-order valence-electron chi connectivity index (χ1n) is 6.33. The molecule has 0 saturated carbocycles. The topological polar surface area (TPSA) is 49.8 Å². The summed E-state index contributed by atoms with van der Waals surface area (Å²) < 4.78 is 5.62. The van der Waals surface area contributed by atoms with Crippen molar-refractivity contribution in [2.45, 2.75) is 18.2 Å². The zero-order chi connectivity index (χ0) is 14.3. The van der Waals surface area contributed by atoms with Gasteiger partial charge < -0.3 is 14.7 Å². The van der Waals surface area contributed by atoms with Crippen LogP contribution < -0.4 is 4.74 Å². The van der Waals surface area contributed by atoms with Gasteiger partial charge in [0.05, 0.1) is 6.61 Å². The molecule has 0 heterocycles. The van der Waals surface area contributed by atoms with Crippen molar-refractivity contribution in [1.82, 2.24) is 4.90 Å². The Morgan fingerprint density at radius 1 is 1.42 bits per heavy atom. The summed E-state index contributed by atoms with van der Waals surface area (Å²) in [5.74, 6) is 0.369. The van der Waals surface area contributed by atoms with Gasteiger partial charge in [0, 0.05) is 11.4 Å². The lowest BCUT2D eigenvalue weighted by atomic mass is 10.2. The van der Waals surface area contributed by atoms with E-state index in [4.69, 9.17) is 4.74 Å². The van der Waals surface area contributed by atoms with Crippen molar-refractivity contribution in [3.05, 3.63) is 23.8 Å². The first-order valence-corrected chi connectivity index (χ1v) is 7.31. The van der Waals surface area contributed by atoms with Crippen LogP contribution in [0, 0.1) is 0 Å². The molecule has 0 radical (unpaired) electrons. The van der Waals surface area contributed by atoms with Crippen LogP contribution in [-0.4, -0.2) is 49.0 Å². The highest BCUT2D eigenvalue weighted by Gasteiger charge is 2.16. The van der Waals surface area contributed by atoms with Crippen LogP contribution in [-0.2, 0) is 0 Å². The number of carboxylic acid groups (broad SMARTS) is 1. The normalized spacial score (nSPS) is 10.7. The molecule has 0 amide bonds. The van der Waals surface area contributed by atoms with Gasteiger partial charge in [-0.1, -0.05) is 13.0 Å². The zero-order valence-electron chi connectivity index (χ0n) is 11.7. The van der Waals surface area contributed by atoms with Crippen LogP contribution in [0.3, 0.4) is 0 Å². The first-order chi connectivity index (χ1) is 9.06. The van der Waals surface area contributed by atoms with Crippen LogP contribution in [0.4, 0.5) is 0 Å². The van der Waals surface area contributed by atoms with Crippen LogP contribution in [0.2, 0.25) is 0 Å². The molecule has 0 unspecified atom stereocenters. The summed E-state index contributed by atoms with van der Waals surface area (Å²) >= 11 is 1.52. The zero-order valence-corrected chi connectivity index (χ0v) is 12.5. The summed E-state index contributed by atoms with van der Waals surface area (Å²) in [4.78, 5) is 14.2. The first kappa shape index (κ1) is 15.9. The third-order valence-electron chi connectivity index (χ3n) is 2.51. The van der Waals surface area contributed by atoms with E-state index in [1.165, 1.54) is 11.8 Å². The molecular formula is C14H21NO3S. The van der Waals surface area contributed by atoms with Crippen molar-refractivity contribution in [2.75, 3.05) is 33.0 Å². The molecule has 0 fully saturated rings. The lowest BCUT2D eigenvalue weighted by Gasteiger charge is -2.13. The molecule has 0 saturated heterocycles. The second kappa shape index (κ2) is 8.07. The largest absolute Gasteiger partial charge is 0.493 e. The van der Waals surface area contributed by atoms with Crippen molar-refractivity contribution >= 4 is 17.7 Å². The lowest BCUT2D eigenvalue weighted by molar-refractivity contribution is 0.0688. The molecule has 0 aliphatic carbocycles. The molecule has 1 aromatic rings. The minimum Gasteiger partial charge on any atom is -0.493 e. The number of benzene rings is 1. The maximum atomic E-state index is 11.4. The van der Waals surface area contributed by atoms with Crippen molar-refractivity contribution in [3.63, 3.8) is 0 Å². The minimum atomic E-state index is -0.931. The van der Waals surface area contributed by atoms with Gasteiger partial charge in [0.2, 0.25) is 0 Å². The fraction of sp³-hybridized carbons (Fsp3) is 0.500. The second-order valence-corrected chi connectivity index (χ2v) is 5.68. The van der Waals surface area contributed by atoms with E-state index in [0.29, 0.717) is 12.4 Å². The van der Waals surface area contributed by atoms with Crippen molar-refractivity contribution < 1.29 is 14.6 Å². The third-order valence-corrected chi connectivity index (χ3v) is 3.45. The summed E-state index contributed by atoms with van der Waals surface area (Å²) in [6.07, 6.45) is 0.872. The molecule has 1 N–H and O–H groups in total. The van der Waals surface area contributed by atoms with E-state index < -0.39 is 5.97 Å². The molecule has 0 atom stereocenters. The van der Waals surface area contributed by atoms with Gasteiger partial charge >= 0.3 is 5.97 Å². The Kier molecular flexibility index (Phi) is 6.73. The van der Waals surface area contributed by atoms with E-state index in [0.717, 1.165) is 23.6 Å². The van der Waals surface area contributed by atoms with E-state index in [2.05, 4.69) is 4.90 Å². The highest BCUT2D eigenvalue weighted by Crippen LogP contribution is 2.30. The van der Waals surface area contributed by atoms with Crippen LogP contribution in [0.25, 0.3) is 0 Å². The van der Waals surface area contributed by atoms with Gasteiger partial charge in [-0.25, -0.2) is 4.79 Å². The monoisotopic (exact) mass is 283 g/mol. The van der Waals surface area contributed by atoms with Crippen molar-refractivity contribution in [2.24, 2.45) is 0 Å². The van der Waals surface area contributed by atoms with Gasteiger partial charge in [-0.05, 0) is 38.4 Å². The van der Waals surface area contributed by atoms with Gasteiger partial charge in [-0.3, -0.25) is 0 Å². The Morgan fingerprint density at radius 3 is 2.74 bits per heavy atom. The number of aromatic carboxylic acids is 1. The SMILES string of the molecule is CCSc1cccc(OCCCN(C)C)c1C(=O)O. The number of thioether (sulfide) groups is 1. The summed E-state index contributed by atoms with van der Waals surface area (Å²) in [5.41, 5.74) is 0.277. The molecule has 19 heavy (non-hydrogen) atoms. The van der Waals surface area contributed by atoms with Crippen molar-refractivity contribution in [3.8, 4) is 5.75 Å². The number of carboxylic acids is 1. The van der Waals surface area contributed by atoms with Crippen LogP contribution in [0.15, 0.2) is 23.1 Å². The fourth-order valence-corrected chi connectivity index (χ4v) is 2.50. The molecule has 0 aromatic heterocycles. The molecule has 1 aromatic carbocycles. The summed E-state index contributed by atoms with van der Waals surface area (Å²) in [6, 6.07) is 5.38. The van der Waals surface area contributed by atoms with E-state index in [-0.39, 0.29) is 5.56 Å². The number of rotatable bonds is 8. The van der Waals surface area contributed by atoms with Gasteiger partial charge in [0.1, 0.15) is 11.3 Å². The molecule has 0 aliphatic heterocycles. The predicted molar refractivity (Wildman–Crippen MR) is 78.5 cm³/mol. The van der Waals surface area contributed by atoms with Gasteiger partial charge in [0.15, 0.2) is 0 Å². The highest BCUT2D eigenvalue weighted by atomic mass is 32.2. The Hall–Kier alpha value is -1.20. The molecule has 4 nitrogen and oxygen atoms in total. The molecule has 0 spiro atoms. The molecule has 1 rings (SSSR count). The van der Waals surface area contributed by atoms with E-state index in [9.17, 15) is 9.90 Å². The lowest BCUT2D eigenvalue weighted by Crippen LogP contribution is -2.16. The summed E-state index contributed by atoms with van der Waals surface area (Å²) in [6.45, 7) is 3.45. The maximum absolute atomic E-state index is 11.4. The van der Waals surface area contributed by atoms with Gasteiger partial charge in [-0.2, -0.15) is 0 Å². The molecular weight excluding hydrogens is 262 g/mol. The third kappa shape index (κ3) is 5.12. The Labute approximate surface area is 118 Å². The van der Waals surface area contributed by atoms with Gasteiger partial charge in [-0.15, -0.1) is 11.8 Å². The maximum Gasteiger partial charge on any atom is 0.340 e. The standard InChI is InChI=1S/C14H21NO3S/c1-4-19-12-8-5-7-11(13(12)14(16)17)18-10-6-9-15(2)3/h5,7-8H,4,6,9-10H2,1-3H3,(H,16,17). The quantitative estimate of drug-likeness (QED) is 0.587. The smallest absolute Gasteiger partial charge is 0.340 e. The molecule has 0 aliphatic rings. The molecule has 0 bridgehead atoms. The minimum absolute atomic E-state index is 0.277. The number of hydrogen-bond donors (Lipinski definition) is 1. The predicted octanol–water partition coefficient (Wildman–Crippen LogP) is 2.83. The number of hydrogen-bond acceptors (Lipinski definition) is 4. The van der Waals surface area contributed by atoms with Crippen molar-refractivity contribution in [1.29, 1.82) is 0 Å². The highest BCUT2D eigenvalue weighted by molar-refractivity contribution is 7.99. The number of carbonyl (C=O) groups is 1. The van der Waals surface area contributed by atoms with Gasteiger partial charge in [0.25, 0.3) is 0 Å². The number of nitrogens with zero attached hydrogens (tertiary/aromatic N) is 1. The van der Waals surface area contributed by atoms with E-state index in [1.54, 1.807) is 6.07 Å². The summed E-state index contributed by atoms with van der Waals surface area (Å²) in [7, 11) is 4.00.